The van der Waals surface area contributed by atoms with Crippen molar-refractivity contribution in [1.82, 2.24) is 0 Å². The van der Waals surface area contributed by atoms with E-state index in [4.69, 9.17) is 14.2 Å². The molecule has 3 rings (SSSR count). The number of carbonyl (C=O) groups excluding carboxylic acids is 1. The number of rotatable bonds is 3. The molecule has 2 aliphatic rings. The van der Waals surface area contributed by atoms with Crippen LogP contribution in [0, 0.1) is 6.92 Å². The second-order valence-electron chi connectivity index (χ2n) is 5.73. The molecular formula is C16H20O4. The van der Waals surface area contributed by atoms with Gasteiger partial charge < -0.3 is 14.2 Å². The molecule has 0 saturated carbocycles. The van der Waals surface area contributed by atoms with E-state index in [2.05, 4.69) is 0 Å². The van der Waals surface area contributed by atoms with Gasteiger partial charge in [0.05, 0.1) is 24.4 Å². The summed E-state index contributed by atoms with van der Waals surface area (Å²) in [6.07, 6.45) is 3.57. The lowest BCUT2D eigenvalue weighted by Crippen LogP contribution is -2.44. The molecule has 4 heteroatoms. The summed E-state index contributed by atoms with van der Waals surface area (Å²) in [5.74, 6) is 0.673. The minimum atomic E-state index is -0.172. The van der Waals surface area contributed by atoms with Crippen LogP contribution < -0.4 is 4.74 Å². The third-order valence-electron chi connectivity index (χ3n) is 4.10. The average Bonchev–Trinajstić information content (AvgIpc) is 2.89. The van der Waals surface area contributed by atoms with Crippen LogP contribution in [0.15, 0.2) is 18.2 Å². The first-order valence-corrected chi connectivity index (χ1v) is 7.15. The highest BCUT2D eigenvalue weighted by atomic mass is 16.6. The third kappa shape index (κ3) is 2.72. The van der Waals surface area contributed by atoms with Crippen molar-refractivity contribution in [3.05, 3.63) is 29.3 Å². The predicted octanol–water partition coefficient (Wildman–Crippen LogP) is 2.52. The molecule has 2 fully saturated rings. The van der Waals surface area contributed by atoms with Crippen molar-refractivity contribution in [3.8, 4) is 5.75 Å². The Kier molecular flexibility index (Phi) is 3.76. The van der Waals surface area contributed by atoms with E-state index in [9.17, 15) is 4.79 Å². The molecule has 108 valence electrons. The first-order chi connectivity index (χ1) is 9.71. The Morgan fingerprint density at radius 1 is 1.40 bits per heavy atom. The molecule has 0 radical (unpaired) electrons. The van der Waals surface area contributed by atoms with E-state index in [0.29, 0.717) is 24.5 Å². The third-order valence-corrected chi connectivity index (χ3v) is 4.10. The lowest BCUT2D eigenvalue weighted by molar-refractivity contribution is -0.112. The smallest absolute Gasteiger partial charge is 0.153 e. The zero-order valence-electron chi connectivity index (χ0n) is 11.8. The summed E-state index contributed by atoms with van der Waals surface area (Å²) in [4.78, 5) is 11.1. The summed E-state index contributed by atoms with van der Waals surface area (Å²) in [5, 5.41) is 0. The van der Waals surface area contributed by atoms with Gasteiger partial charge in [-0.25, -0.2) is 0 Å². The molecule has 0 aromatic heterocycles. The van der Waals surface area contributed by atoms with Gasteiger partial charge in [-0.2, -0.15) is 0 Å². The van der Waals surface area contributed by atoms with Crippen molar-refractivity contribution in [2.75, 3.05) is 19.8 Å². The van der Waals surface area contributed by atoms with Gasteiger partial charge in [0.1, 0.15) is 11.9 Å². The quantitative estimate of drug-likeness (QED) is 0.796. The summed E-state index contributed by atoms with van der Waals surface area (Å²) in [7, 11) is 0. The number of benzene rings is 1. The monoisotopic (exact) mass is 276 g/mol. The highest BCUT2D eigenvalue weighted by molar-refractivity contribution is 5.79. The maximum absolute atomic E-state index is 11.1. The Labute approximate surface area is 119 Å². The topological polar surface area (TPSA) is 44.8 Å². The summed E-state index contributed by atoms with van der Waals surface area (Å²) in [6, 6.07) is 5.71. The fraction of sp³-hybridized carbons (Fsp3) is 0.562. The lowest BCUT2D eigenvalue weighted by atomic mass is 9.91. The summed E-state index contributed by atoms with van der Waals surface area (Å²) in [5.41, 5.74) is 1.51. The second-order valence-corrected chi connectivity index (χ2v) is 5.73. The molecular weight excluding hydrogens is 256 g/mol. The van der Waals surface area contributed by atoms with Gasteiger partial charge in [-0.1, -0.05) is 11.6 Å². The largest absolute Gasteiger partial charge is 0.489 e. The van der Waals surface area contributed by atoms with Gasteiger partial charge in [0, 0.05) is 25.9 Å². The normalized spacial score (nSPS) is 29.6. The number of ether oxygens (including phenoxy) is 3. The number of hydrogen-bond acceptors (Lipinski definition) is 4. The fourth-order valence-corrected chi connectivity index (χ4v) is 2.99. The van der Waals surface area contributed by atoms with Gasteiger partial charge in [0.2, 0.25) is 0 Å². The molecule has 1 spiro atoms. The molecule has 0 amide bonds. The van der Waals surface area contributed by atoms with Crippen LogP contribution in [0.1, 0.15) is 35.2 Å². The van der Waals surface area contributed by atoms with Gasteiger partial charge in [0.25, 0.3) is 0 Å². The van der Waals surface area contributed by atoms with Crippen LogP contribution in [0.3, 0.4) is 0 Å². The zero-order valence-corrected chi connectivity index (χ0v) is 11.8. The number of aldehydes is 1. The SMILES string of the molecule is Cc1ccc(OC2CCOC3(CCOC3)C2)c(C=O)c1. The molecule has 0 bridgehead atoms. The van der Waals surface area contributed by atoms with Crippen LogP contribution in [-0.2, 0) is 9.47 Å². The Hall–Kier alpha value is -1.39. The maximum atomic E-state index is 11.1. The number of hydrogen-bond donors (Lipinski definition) is 0. The van der Waals surface area contributed by atoms with Gasteiger partial charge in [-0.15, -0.1) is 0 Å². The van der Waals surface area contributed by atoms with Crippen molar-refractivity contribution >= 4 is 6.29 Å². The zero-order chi connectivity index (χ0) is 14.0. The van der Waals surface area contributed by atoms with Crippen LogP contribution in [0.5, 0.6) is 5.75 Å². The minimum Gasteiger partial charge on any atom is -0.489 e. The first kappa shape index (κ1) is 13.6. The Morgan fingerprint density at radius 2 is 2.30 bits per heavy atom. The van der Waals surface area contributed by atoms with E-state index in [-0.39, 0.29) is 11.7 Å². The molecule has 4 nitrogen and oxygen atoms in total. The first-order valence-electron chi connectivity index (χ1n) is 7.15. The second kappa shape index (κ2) is 5.54. The summed E-state index contributed by atoms with van der Waals surface area (Å²) >= 11 is 0. The molecule has 1 aromatic carbocycles. The van der Waals surface area contributed by atoms with E-state index in [1.807, 2.05) is 25.1 Å². The molecule has 2 heterocycles. The van der Waals surface area contributed by atoms with E-state index in [1.165, 1.54) is 0 Å². The Morgan fingerprint density at radius 3 is 3.05 bits per heavy atom. The van der Waals surface area contributed by atoms with Gasteiger partial charge >= 0.3 is 0 Å². The molecule has 2 atom stereocenters. The fourth-order valence-electron chi connectivity index (χ4n) is 2.99. The Balaban J connectivity index is 1.72. The maximum Gasteiger partial charge on any atom is 0.153 e. The van der Waals surface area contributed by atoms with Crippen molar-refractivity contribution in [1.29, 1.82) is 0 Å². The molecule has 20 heavy (non-hydrogen) atoms. The highest BCUT2D eigenvalue weighted by Gasteiger charge is 2.41. The standard InChI is InChI=1S/C16H20O4/c1-12-2-3-15(13(8-12)10-17)20-14-4-6-19-16(9-14)5-7-18-11-16/h2-3,8,10,14H,4-7,9,11H2,1H3. The molecule has 1 aromatic rings. The predicted molar refractivity (Wildman–Crippen MR) is 74.3 cm³/mol. The number of aryl methyl sites for hydroxylation is 1. The van der Waals surface area contributed by atoms with Gasteiger partial charge in [-0.05, 0) is 19.1 Å². The van der Waals surface area contributed by atoms with E-state index < -0.39 is 0 Å². The van der Waals surface area contributed by atoms with E-state index in [0.717, 1.165) is 37.7 Å². The van der Waals surface area contributed by atoms with Crippen LogP contribution in [0.2, 0.25) is 0 Å². The van der Waals surface area contributed by atoms with Crippen LogP contribution in [0.4, 0.5) is 0 Å². The molecule has 2 saturated heterocycles. The summed E-state index contributed by atoms with van der Waals surface area (Å²) in [6.45, 7) is 4.07. The Bertz CT molecular complexity index is 491. The lowest BCUT2D eigenvalue weighted by Gasteiger charge is -2.37. The van der Waals surface area contributed by atoms with Crippen molar-refractivity contribution < 1.29 is 19.0 Å². The van der Waals surface area contributed by atoms with E-state index in [1.54, 1.807) is 0 Å². The van der Waals surface area contributed by atoms with Gasteiger partial charge in [0.15, 0.2) is 6.29 Å². The minimum absolute atomic E-state index is 0.0897. The van der Waals surface area contributed by atoms with Crippen LogP contribution >= 0.6 is 0 Å². The summed E-state index contributed by atoms with van der Waals surface area (Å²) < 4.78 is 17.4. The molecule has 2 aliphatic heterocycles. The number of carbonyl (C=O) groups is 1. The van der Waals surface area contributed by atoms with Crippen molar-refractivity contribution in [3.63, 3.8) is 0 Å². The molecule has 0 N–H and O–H groups in total. The average molecular weight is 276 g/mol. The van der Waals surface area contributed by atoms with Gasteiger partial charge in [-0.3, -0.25) is 4.79 Å². The highest BCUT2D eigenvalue weighted by Crippen LogP contribution is 2.35. The van der Waals surface area contributed by atoms with Crippen LogP contribution in [0.25, 0.3) is 0 Å². The van der Waals surface area contributed by atoms with Crippen molar-refractivity contribution in [2.24, 2.45) is 0 Å². The van der Waals surface area contributed by atoms with Crippen molar-refractivity contribution in [2.45, 2.75) is 37.9 Å². The van der Waals surface area contributed by atoms with Crippen LogP contribution in [-0.4, -0.2) is 37.8 Å². The molecule has 2 unspecified atom stereocenters. The van der Waals surface area contributed by atoms with E-state index >= 15 is 0 Å². The molecule has 0 aliphatic carbocycles.